The molecule has 0 aliphatic carbocycles. The average molecular weight is 328 g/mol. The molecule has 1 aliphatic rings. The highest BCUT2D eigenvalue weighted by Crippen LogP contribution is 2.32. The van der Waals surface area contributed by atoms with Gasteiger partial charge in [-0.2, -0.15) is 0 Å². The quantitative estimate of drug-likeness (QED) is 0.754. The van der Waals surface area contributed by atoms with Crippen LogP contribution >= 0.6 is 0 Å². The van der Waals surface area contributed by atoms with Gasteiger partial charge in [-0.05, 0) is 52.1 Å². The molecule has 130 valence electrons. The highest BCUT2D eigenvalue weighted by atomic mass is 16.2. The fourth-order valence-electron chi connectivity index (χ4n) is 2.90. The molecule has 5 nitrogen and oxygen atoms in total. The molecule has 1 aromatic carbocycles. The maximum atomic E-state index is 12.3. The minimum absolute atomic E-state index is 0.0919. The number of fused-ring (bicyclic) bond motifs is 1. The standard InChI is InChI=1S/C19H28N4O/c1-6-16(20-7-2)13-23-11-10-15-8-9-17(12-18(15)23)22(5)19(24)14-21(3)4/h6-9,12H,10-11,13-14H2,1-5H3/b16-6-,20-7?. The van der Waals surface area contributed by atoms with Gasteiger partial charge in [0.05, 0.1) is 18.8 Å². The van der Waals surface area contributed by atoms with E-state index in [2.05, 4.69) is 28.1 Å². The van der Waals surface area contributed by atoms with Crippen molar-refractivity contribution in [3.63, 3.8) is 0 Å². The number of hydrogen-bond acceptors (Lipinski definition) is 4. The van der Waals surface area contributed by atoms with Crippen molar-refractivity contribution in [3.05, 3.63) is 35.5 Å². The van der Waals surface area contributed by atoms with Gasteiger partial charge < -0.3 is 14.7 Å². The van der Waals surface area contributed by atoms with E-state index >= 15 is 0 Å². The molecule has 0 atom stereocenters. The zero-order chi connectivity index (χ0) is 17.7. The maximum Gasteiger partial charge on any atom is 0.240 e. The van der Waals surface area contributed by atoms with Crippen LogP contribution in [0.1, 0.15) is 19.4 Å². The fourth-order valence-corrected chi connectivity index (χ4v) is 2.90. The van der Waals surface area contributed by atoms with Gasteiger partial charge >= 0.3 is 0 Å². The van der Waals surface area contributed by atoms with Crippen molar-refractivity contribution in [2.75, 3.05) is 50.6 Å². The monoisotopic (exact) mass is 328 g/mol. The lowest BCUT2D eigenvalue weighted by atomic mass is 10.1. The number of carbonyl (C=O) groups excluding carboxylic acids is 1. The summed E-state index contributed by atoms with van der Waals surface area (Å²) in [5, 5.41) is 0. The Kier molecular flexibility index (Phi) is 6.15. The Morgan fingerprint density at radius 3 is 2.67 bits per heavy atom. The van der Waals surface area contributed by atoms with E-state index in [9.17, 15) is 4.79 Å². The van der Waals surface area contributed by atoms with Gasteiger partial charge in [0.25, 0.3) is 0 Å². The topological polar surface area (TPSA) is 39.1 Å². The molecular formula is C19H28N4O. The van der Waals surface area contributed by atoms with E-state index in [0.29, 0.717) is 6.54 Å². The lowest BCUT2D eigenvalue weighted by Gasteiger charge is -2.23. The van der Waals surface area contributed by atoms with Crippen LogP contribution in [0, 0.1) is 0 Å². The molecule has 1 heterocycles. The summed E-state index contributed by atoms with van der Waals surface area (Å²) in [4.78, 5) is 22.7. The zero-order valence-electron chi connectivity index (χ0n) is 15.4. The first-order valence-corrected chi connectivity index (χ1v) is 8.39. The van der Waals surface area contributed by atoms with Gasteiger partial charge in [-0.1, -0.05) is 12.1 Å². The molecule has 24 heavy (non-hydrogen) atoms. The lowest BCUT2D eigenvalue weighted by molar-refractivity contribution is -0.118. The Morgan fingerprint density at radius 1 is 1.29 bits per heavy atom. The average Bonchev–Trinajstić information content (AvgIpc) is 2.95. The second kappa shape index (κ2) is 8.11. The van der Waals surface area contributed by atoms with Crippen molar-refractivity contribution in [1.29, 1.82) is 0 Å². The first-order valence-electron chi connectivity index (χ1n) is 8.39. The molecule has 0 N–H and O–H groups in total. The normalized spacial score (nSPS) is 14.6. The highest BCUT2D eigenvalue weighted by molar-refractivity contribution is 5.95. The fraction of sp³-hybridized carbons (Fsp3) is 0.474. The van der Waals surface area contributed by atoms with Crippen LogP contribution in [-0.4, -0.2) is 57.8 Å². The van der Waals surface area contributed by atoms with E-state index in [1.165, 1.54) is 11.3 Å². The molecule has 0 saturated heterocycles. The Bertz CT molecular complexity index is 649. The molecule has 5 heteroatoms. The maximum absolute atomic E-state index is 12.3. The predicted molar refractivity (Wildman–Crippen MR) is 102 cm³/mol. The van der Waals surface area contributed by atoms with E-state index in [1.807, 2.05) is 52.2 Å². The number of aliphatic imine (C=N–C) groups is 1. The number of rotatable bonds is 6. The van der Waals surface area contributed by atoms with Crippen LogP contribution < -0.4 is 9.80 Å². The number of benzene rings is 1. The number of nitrogens with zero attached hydrogens (tertiary/aromatic N) is 4. The third-order valence-electron chi connectivity index (χ3n) is 4.25. The van der Waals surface area contributed by atoms with Crippen LogP contribution in [0.3, 0.4) is 0 Å². The van der Waals surface area contributed by atoms with E-state index < -0.39 is 0 Å². The third kappa shape index (κ3) is 4.23. The minimum atomic E-state index is 0.0919. The summed E-state index contributed by atoms with van der Waals surface area (Å²) in [5.41, 5.74) is 4.55. The zero-order valence-corrected chi connectivity index (χ0v) is 15.4. The van der Waals surface area contributed by atoms with Crippen molar-refractivity contribution < 1.29 is 4.79 Å². The number of hydrogen-bond donors (Lipinski definition) is 0. The Morgan fingerprint density at radius 2 is 2.04 bits per heavy atom. The third-order valence-corrected chi connectivity index (χ3v) is 4.25. The van der Waals surface area contributed by atoms with E-state index in [-0.39, 0.29) is 5.91 Å². The Hall–Kier alpha value is -2.14. The molecule has 0 spiro atoms. The SMILES string of the molecule is CC=N/C(=C\C)CN1CCc2ccc(N(C)C(=O)CN(C)C)cc21. The first-order chi connectivity index (χ1) is 11.5. The number of anilines is 2. The van der Waals surface area contributed by atoms with Gasteiger partial charge in [0.2, 0.25) is 5.91 Å². The summed E-state index contributed by atoms with van der Waals surface area (Å²) in [6.45, 7) is 6.15. The van der Waals surface area contributed by atoms with Crippen LogP contribution in [0.15, 0.2) is 35.0 Å². The van der Waals surface area contributed by atoms with Gasteiger partial charge in [-0.25, -0.2) is 0 Å². The molecule has 1 aromatic rings. The molecule has 1 amide bonds. The van der Waals surface area contributed by atoms with Crippen molar-refractivity contribution in [1.82, 2.24) is 4.90 Å². The van der Waals surface area contributed by atoms with Crippen LogP contribution in [0.5, 0.6) is 0 Å². The second-order valence-corrected chi connectivity index (χ2v) is 6.34. The molecule has 0 bridgehead atoms. The number of allylic oxidation sites excluding steroid dienone is 1. The summed E-state index contributed by atoms with van der Waals surface area (Å²) in [6.07, 6.45) is 4.92. The van der Waals surface area contributed by atoms with Gasteiger partial charge in [0.15, 0.2) is 0 Å². The van der Waals surface area contributed by atoms with Crippen LogP contribution in [-0.2, 0) is 11.2 Å². The molecule has 0 radical (unpaired) electrons. The minimum Gasteiger partial charge on any atom is -0.365 e. The largest absolute Gasteiger partial charge is 0.365 e. The van der Waals surface area contributed by atoms with Crippen molar-refractivity contribution >= 4 is 23.5 Å². The van der Waals surface area contributed by atoms with E-state index in [1.54, 1.807) is 4.90 Å². The molecule has 0 saturated carbocycles. The van der Waals surface area contributed by atoms with Crippen LogP contribution in [0.2, 0.25) is 0 Å². The van der Waals surface area contributed by atoms with Gasteiger partial charge in [0, 0.05) is 31.2 Å². The molecule has 0 unspecified atom stereocenters. The predicted octanol–water partition coefficient (Wildman–Crippen LogP) is 2.57. The van der Waals surface area contributed by atoms with E-state index in [0.717, 1.165) is 30.9 Å². The molecule has 0 fully saturated rings. The smallest absolute Gasteiger partial charge is 0.240 e. The lowest BCUT2D eigenvalue weighted by Crippen LogP contribution is -2.35. The van der Waals surface area contributed by atoms with Crippen LogP contribution in [0.4, 0.5) is 11.4 Å². The molecule has 2 rings (SSSR count). The van der Waals surface area contributed by atoms with Gasteiger partial charge in [0.1, 0.15) is 0 Å². The van der Waals surface area contributed by atoms with Crippen LogP contribution in [0.25, 0.3) is 0 Å². The van der Waals surface area contributed by atoms with Crippen molar-refractivity contribution in [3.8, 4) is 0 Å². The summed E-state index contributed by atoms with van der Waals surface area (Å²) in [7, 11) is 5.65. The number of amides is 1. The molecular weight excluding hydrogens is 300 g/mol. The van der Waals surface area contributed by atoms with Crippen molar-refractivity contribution in [2.45, 2.75) is 20.3 Å². The summed E-state index contributed by atoms with van der Waals surface area (Å²) < 4.78 is 0. The van der Waals surface area contributed by atoms with Crippen molar-refractivity contribution in [2.24, 2.45) is 4.99 Å². The van der Waals surface area contributed by atoms with Gasteiger partial charge in [-0.15, -0.1) is 0 Å². The summed E-state index contributed by atoms with van der Waals surface area (Å²) in [5.74, 6) is 0.0919. The van der Waals surface area contributed by atoms with Gasteiger partial charge in [-0.3, -0.25) is 9.79 Å². The molecule has 0 aromatic heterocycles. The Labute approximate surface area is 145 Å². The Balaban J connectivity index is 2.20. The summed E-state index contributed by atoms with van der Waals surface area (Å²) in [6, 6.07) is 6.30. The summed E-state index contributed by atoms with van der Waals surface area (Å²) >= 11 is 0. The number of likely N-dealkylation sites (N-methyl/N-ethyl adjacent to an activating group) is 2. The first kappa shape index (κ1) is 18.2. The number of carbonyl (C=O) groups is 1. The second-order valence-electron chi connectivity index (χ2n) is 6.34. The van der Waals surface area contributed by atoms with E-state index in [4.69, 9.17) is 0 Å². The highest BCUT2D eigenvalue weighted by Gasteiger charge is 2.21. The molecule has 1 aliphatic heterocycles.